The Morgan fingerprint density at radius 1 is 1.12 bits per heavy atom. The summed E-state index contributed by atoms with van der Waals surface area (Å²) < 4.78 is 5.55. The van der Waals surface area contributed by atoms with Crippen molar-refractivity contribution in [2.75, 3.05) is 39.4 Å². The van der Waals surface area contributed by atoms with Crippen molar-refractivity contribution < 1.29 is 4.74 Å². The average molecular weight is 242 g/mol. The second kappa shape index (κ2) is 8.90. The van der Waals surface area contributed by atoms with Gasteiger partial charge in [0, 0.05) is 25.7 Å². The Bertz CT molecular complexity index is 179. The summed E-state index contributed by atoms with van der Waals surface area (Å²) in [5, 5.41) is 3.49. The molecule has 1 heterocycles. The minimum Gasteiger partial charge on any atom is -0.380 e. The van der Waals surface area contributed by atoms with Crippen molar-refractivity contribution in [3.05, 3.63) is 0 Å². The van der Waals surface area contributed by atoms with Crippen LogP contribution in [0.1, 0.15) is 40.0 Å². The Balaban J connectivity index is 1.94. The Morgan fingerprint density at radius 2 is 1.82 bits per heavy atom. The van der Waals surface area contributed by atoms with E-state index in [4.69, 9.17) is 4.74 Å². The van der Waals surface area contributed by atoms with Crippen LogP contribution in [-0.4, -0.2) is 50.3 Å². The lowest BCUT2D eigenvalue weighted by molar-refractivity contribution is 0.108. The van der Waals surface area contributed by atoms with Crippen molar-refractivity contribution >= 4 is 0 Å². The number of ether oxygens (including phenoxy) is 1. The molecule has 1 fully saturated rings. The van der Waals surface area contributed by atoms with Crippen LogP contribution in [0, 0.1) is 5.92 Å². The van der Waals surface area contributed by atoms with Crippen molar-refractivity contribution in [2.24, 2.45) is 5.92 Å². The molecule has 1 unspecified atom stereocenters. The van der Waals surface area contributed by atoms with Crippen LogP contribution in [0.5, 0.6) is 0 Å². The molecule has 1 atom stereocenters. The lowest BCUT2D eigenvalue weighted by Gasteiger charge is -2.32. The minimum absolute atomic E-state index is 0.641. The zero-order valence-corrected chi connectivity index (χ0v) is 11.9. The van der Waals surface area contributed by atoms with Crippen LogP contribution in [0.2, 0.25) is 0 Å². The summed E-state index contributed by atoms with van der Waals surface area (Å²) in [6.45, 7) is 13.1. The smallest absolute Gasteiger partial charge is 0.0591 e. The van der Waals surface area contributed by atoms with Crippen LogP contribution in [0.4, 0.5) is 0 Å². The molecule has 0 aromatic rings. The second-order valence-electron chi connectivity index (χ2n) is 5.62. The Labute approximate surface area is 107 Å². The molecule has 0 spiro atoms. The number of nitrogens with zero attached hydrogens (tertiary/aromatic N) is 1. The highest BCUT2D eigenvalue weighted by Crippen LogP contribution is 2.11. The first kappa shape index (κ1) is 14.9. The van der Waals surface area contributed by atoms with Crippen LogP contribution < -0.4 is 5.32 Å². The largest absolute Gasteiger partial charge is 0.380 e. The van der Waals surface area contributed by atoms with E-state index in [-0.39, 0.29) is 0 Å². The van der Waals surface area contributed by atoms with E-state index in [9.17, 15) is 0 Å². The van der Waals surface area contributed by atoms with Gasteiger partial charge in [-0.15, -0.1) is 0 Å². The second-order valence-corrected chi connectivity index (χ2v) is 5.62. The summed E-state index contributed by atoms with van der Waals surface area (Å²) in [5.41, 5.74) is 0. The molecule has 0 aliphatic carbocycles. The van der Waals surface area contributed by atoms with E-state index in [0.717, 1.165) is 26.3 Å². The van der Waals surface area contributed by atoms with Crippen molar-refractivity contribution in [3.63, 3.8) is 0 Å². The van der Waals surface area contributed by atoms with Crippen LogP contribution in [0.25, 0.3) is 0 Å². The normalized spacial score (nSPS) is 19.8. The van der Waals surface area contributed by atoms with E-state index < -0.39 is 0 Å². The number of piperidine rings is 1. The molecule has 0 amide bonds. The number of hydrogen-bond donors (Lipinski definition) is 1. The van der Waals surface area contributed by atoms with Gasteiger partial charge >= 0.3 is 0 Å². The number of hydrogen-bond acceptors (Lipinski definition) is 3. The van der Waals surface area contributed by atoms with Crippen molar-refractivity contribution in [1.29, 1.82) is 0 Å². The zero-order valence-electron chi connectivity index (χ0n) is 11.9. The number of likely N-dealkylation sites (tertiary alicyclic amines) is 1. The van der Waals surface area contributed by atoms with Gasteiger partial charge in [0.25, 0.3) is 0 Å². The van der Waals surface area contributed by atoms with Gasteiger partial charge in [-0.05, 0) is 38.8 Å². The molecule has 3 nitrogen and oxygen atoms in total. The van der Waals surface area contributed by atoms with Crippen LogP contribution in [0.15, 0.2) is 0 Å². The first-order valence-corrected chi connectivity index (χ1v) is 7.22. The van der Waals surface area contributed by atoms with Gasteiger partial charge in [-0.1, -0.05) is 20.3 Å². The standard InChI is InChI=1S/C14H30N2O/c1-13(2)12-17-10-7-15-11-14(3)16-8-5-4-6-9-16/h13-15H,4-12H2,1-3H3. The predicted octanol–water partition coefficient (Wildman–Crippen LogP) is 2.12. The Hall–Kier alpha value is -0.120. The van der Waals surface area contributed by atoms with Crippen LogP contribution >= 0.6 is 0 Å². The summed E-state index contributed by atoms with van der Waals surface area (Å²) in [5.74, 6) is 0.641. The predicted molar refractivity (Wildman–Crippen MR) is 73.4 cm³/mol. The van der Waals surface area contributed by atoms with E-state index in [1.54, 1.807) is 0 Å². The Morgan fingerprint density at radius 3 is 2.47 bits per heavy atom. The molecule has 17 heavy (non-hydrogen) atoms. The van der Waals surface area contributed by atoms with E-state index in [1.807, 2.05) is 0 Å². The molecule has 1 saturated heterocycles. The first-order valence-electron chi connectivity index (χ1n) is 7.22. The fourth-order valence-corrected chi connectivity index (χ4v) is 2.26. The molecular weight excluding hydrogens is 212 g/mol. The van der Waals surface area contributed by atoms with Gasteiger partial charge in [-0.2, -0.15) is 0 Å². The van der Waals surface area contributed by atoms with Crippen molar-refractivity contribution in [2.45, 2.75) is 46.1 Å². The molecule has 102 valence electrons. The van der Waals surface area contributed by atoms with Gasteiger partial charge in [-0.25, -0.2) is 0 Å². The van der Waals surface area contributed by atoms with E-state index >= 15 is 0 Å². The minimum atomic E-state index is 0.641. The quantitative estimate of drug-likeness (QED) is 0.660. The lowest BCUT2D eigenvalue weighted by Crippen LogP contribution is -2.43. The van der Waals surface area contributed by atoms with Crippen LogP contribution in [0.3, 0.4) is 0 Å². The summed E-state index contributed by atoms with van der Waals surface area (Å²) in [7, 11) is 0. The summed E-state index contributed by atoms with van der Waals surface area (Å²) in [4.78, 5) is 2.60. The third kappa shape index (κ3) is 7.02. The van der Waals surface area contributed by atoms with E-state index in [0.29, 0.717) is 12.0 Å². The molecule has 0 bridgehead atoms. The highest BCUT2D eigenvalue weighted by atomic mass is 16.5. The first-order chi connectivity index (χ1) is 8.20. The summed E-state index contributed by atoms with van der Waals surface area (Å²) in [6, 6.07) is 0.667. The fraction of sp³-hybridized carbons (Fsp3) is 1.00. The SMILES string of the molecule is CC(C)COCCNCC(C)N1CCCCC1. The molecule has 3 heteroatoms. The molecule has 0 saturated carbocycles. The molecular formula is C14H30N2O. The van der Waals surface area contributed by atoms with Crippen LogP contribution in [-0.2, 0) is 4.74 Å². The summed E-state index contributed by atoms with van der Waals surface area (Å²) >= 11 is 0. The maximum atomic E-state index is 5.55. The van der Waals surface area contributed by atoms with Gasteiger partial charge in [0.1, 0.15) is 0 Å². The van der Waals surface area contributed by atoms with Crippen molar-refractivity contribution in [1.82, 2.24) is 10.2 Å². The van der Waals surface area contributed by atoms with E-state index in [2.05, 4.69) is 31.0 Å². The molecule has 1 N–H and O–H groups in total. The monoisotopic (exact) mass is 242 g/mol. The Kier molecular flexibility index (Phi) is 7.82. The number of rotatable bonds is 8. The van der Waals surface area contributed by atoms with E-state index in [1.165, 1.54) is 32.4 Å². The fourth-order valence-electron chi connectivity index (χ4n) is 2.26. The highest BCUT2D eigenvalue weighted by molar-refractivity contribution is 4.73. The van der Waals surface area contributed by atoms with Gasteiger partial charge in [0.15, 0.2) is 0 Å². The van der Waals surface area contributed by atoms with Gasteiger partial charge < -0.3 is 10.1 Å². The number of nitrogens with one attached hydrogen (secondary N) is 1. The maximum Gasteiger partial charge on any atom is 0.0591 e. The third-order valence-corrected chi connectivity index (χ3v) is 3.33. The topological polar surface area (TPSA) is 24.5 Å². The molecule has 0 aromatic carbocycles. The molecule has 1 rings (SSSR count). The zero-order chi connectivity index (χ0) is 12.5. The molecule has 1 aliphatic heterocycles. The highest BCUT2D eigenvalue weighted by Gasteiger charge is 2.15. The molecule has 1 aliphatic rings. The third-order valence-electron chi connectivity index (χ3n) is 3.33. The lowest BCUT2D eigenvalue weighted by atomic mass is 10.1. The summed E-state index contributed by atoms with van der Waals surface area (Å²) in [6.07, 6.45) is 4.17. The molecule has 0 aromatic heterocycles. The molecule has 0 radical (unpaired) electrons. The average Bonchev–Trinajstić information content (AvgIpc) is 2.34. The van der Waals surface area contributed by atoms with Gasteiger partial charge in [0.05, 0.1) is 6.61 Å². The maximum absolute atomic E-state index is 5.55. The van der Waals surface area contributed by atoms with Gasteiger partial charge in [-0.3, -0.25) is 4.90 Å². The van der Waals surface area contributed by atoms with Crippen molar-refractivity contribution in [3.8, 4) is 0 Å². The van der Waals surface area contributed by atoms with Gasteiger partial charge in [0.2, 0.25) is 0 Å².